The van der Waals surface area contributed by atoms with Crippen molar-refractivity contribution in [3.63, 3.8) is 0 Å². The van der Waals surface area contributed by atoms with Crippen molar-refractivity contribution in [3.8, 4) is 34.1 Å². The van der Waals surface area contributed by atoms with Crippen LogP contribution in [0.3, 0.4) is 0 Å². The van der Waals surface area contributed by atoms with E-state index >= 15 is 0 Å². The predicted octanol–water partition coefficient (Wildman–Crippen LogP) is 8.72. The molecule has 0 bridgehead atoms. The Morgan fingerprint density at radius 1 is 0.861 bits per heavy atom. The number of nitriles is 1. The van der Waals surface area contributed by atoms with E-state index < -0.39 is 0 Å². The maximum Gasteiger partial charge on any atom is 0.119 e. The lowest BCUT2D eigenvalue weighted by Crippen LogP contribution is -2.00. The molecular formula is C32H28N2OS. The Hall–Kier alpha value is -4.20. The maximum absolute atomic E-state index is 9.40. The van der Waals surface area contributed by atoms with E-state index in [2.05, 4.69) is 37.4 Å². The Kier molecular flexibility index (Phi) is 7.63. The molecule has 4 rings (SSSR count). The highest BCUT2D eigenvalue weighted by Crippen LogP contribution is 2.33. The predicted molar refractivity (Wildman–Crippen MR) is 152 cm³/mol. The summed E-state index contributed by atoms with van der Waals surface area (Å²) in [5, 5.41) is 9.40. The first-order valence-electron chi connectivity index (χ1n) is 11.7. The van der Waals surface area contributed by atoms with Crippen molar-refractivity contribution >= 4 is 23.4 Å². The molecule has 0 amide bonds. The quantitative estimate of drug-likeness (QED) is 0.233. The van der Waals surface area contributed by atoms with E-state index in [9.17, 15) is 5.26 Å². The van der Waals surface area contributed by atoms with Crippen LogP contribution in [-0.2, 0) is 13.2 Å². The Bertz CT molecular complexity index is 1490. The smallest absolute Gasteiger partial charge is 0.119 e. The fraction of sp³-hybridized carbons (Fsp3) is 0.125. The molecule has 3 nitrogen and oxygen atoms in total. The zero-order valence-electron chi connectivity index (χ0n) is 20.6. The van der Waals surface area contributed by atoms with Gasteiger partial charge in [-0.3, -0.25) is 0 Å². The van der Waals surface area contributed by atoms with E-state index in [4.69, 9.17) is 17.0 Å². The number of ether oxygens (including phenoxy) is 1. The monoisotopic (exact) mass is 488 g/mol. The number of aromatic nitrogens is 1. The molecule has 0 aliphatic carbocycles. The minimum Gasteiger partial charge on any atom is -0.489 e. The van der Waals surface area contributed by atoms with Gasteiger partial charge in [0.05, 0.1) is 10.6 Å². The van der Waals surface area contributed by atoms with Crippen molar-refractivity contribution in [2.24, 2.45) is 0 Å². The SMILES string of the molecule is C=C(C)c1cc(C(=C)C)cc(-c2cn(CC#N)cc(-c3ccc(OCc4ccccc4)cc3)c2=S)c1. The summed E-state index contributed by atoms with van der Waals surface area (Å²) in [7, 11) is 0. The van der Waals surface area contributed by atoms with E-state index in [0.29, 0.717) is 6.61 Å². The Balaban J connectivity index is 1.75. The standard InChI is InChI=1S/C32H28N2OS/c1-22(2)26-16-27(23(3)4)18-28(17-26)31-20-34(15-14-33)19-30(32(31)36)25-10-12-29(13-11-25)35-21-24-8-6-5-7-9-24/h5-13,16-20H,1,3,15,21H2,2,4H3. The first kappa shape index (κ1) is 24.9. The van der Waals surface area contributed by atoms with Crippen LogP contribution in [0.25, 0.3) is 33.4 Å². The van der Waals surface area contributed by atoms with Gasteiger partial charge in [0.15, 0.2) is 0 Å². The van der Waals surface area contributed by atoms with E-state index in [1.54, 1.807) is 0 Å². The minimum atomic E-state index is 0.224. The first-order valence-corrected chi connectivity index (χ1v) is 12.1. The van der Waals surface area contributed by atoms with E-state index in [1.807, 2.05) is 85.4 Å². The Morgan fingerprint density at radius 2 is 1.44 bits per heavy atom. The van der Waals surface area contributed by atoms with Gasteiger partial charge in [-0.25, -0.2) is 0 Å². The third-order valence-corrected chi connectivity index (χ3v) is 6.42. The second-order valence-corrected chi connectivity index (χ2v) is 9.31. The summed E-state index contributed by atoms with van der Waals surface area (Å²) < 4.78 is 8.56. The normalized spacial score (nSPS) is 10.5. The van der Waals surface area contributed by atoms with Crippen molar-refractivity contribution in [2.45, 2.75) is 27.0 Å². The van der Waals surface area contributed by atoms with Crippen LogP contribution < -0.4 is 4.74 Å². The van der Waals surface area contributed by atoms with Crippen molar-refractivity contribution < 1.29 is 4.74 Å². The average molecular weight is 489 g/mol. The molecule has 0 unspecified atom stereocenters. The number of pyridine rings is 1. The maximum atomic E-state index is 9.40. The molecule has 4 aromatic rings. The molecule has 178 valence electrons. The summed E-state index contributed by atoms with van der Waals surface area (Å²) in [4.78, 5) is 0. The Morgan fingerprint density at radius 3 is 2.00 bits per heavy atom. The fourth-order valence-electron chi connectivity index (χ4n) is 3.96. The van der Waals surface area contributed by atoms with Gasteiger partial charge >= 0.3 is 0 Å². The zero-order chi connectivity index (χ0) is 25.7. The first-order chi connectivity index (χ1) is 17.4. The van der Waals surface area contributed by atoms with Gasteiger partial charge in [0.1, 0.15) is 18.9 Å². The van der Waals surface area contributed by atoms with Gasteiger partial charge in [-0.05, 0) is 72.0 Å². The van der Waals surface area contributed by atoms with Gasteiger partial charge in [-0.15, -0.1) is 0 Å². The average Bonchev–Trinajstić information content (AvgIpc) is 2.89. The van der Waals surface area contributed by atoms with Crippen LogP contribution in [0.15, 0.2) is 98.3 Å². The molecule has 4 heteroatoms. The van der Waals surface area contributed by atoms with Gasteiger partial charge in [0.25, 0.3) is 0 Å². The third-order valence-electron chi connectivity index (χ3n) is 5.98. The van der Waals surface area contributed by atoms with E-state index in [0.717, 1.165) is 60.3 Å². The summed E-state index contributed by atoms with van der Waals surface area (Å²) in [6.45, 7) is 13.0. The van der Waals surface area contributed by atoms with Crippen LogP contribution in [-0.4, -0.2) is 4.57 Å². The molecule has 0 N–H and O–H groups in total. The molecular weight excluding hydrogens is 460 g/mol. The molecule has 1 aromatic heterocycles. The van der Waals surface area contributed by atoms with Crippen molar-refractivity contribution in [1.29, 1.82) is 5.26 Å². The summed E-state index contributed by atoms with van der Waals surface area (Å²) in [5.41, 5.74) is 8.87. The van der Waals surface area contributed by atoms with E-state index in [1.165, 1.54) is 0 Å². The second kappa shape index (κ2) is 11.0. The Labute approximate surface area is 218 Å². The van der Waals surface area contributed by atoms with Crippen LogP contribution in [0, 0.1) is 15.8 Å². The van der Waals surface area contributed by atoms with Gasteiger partial charge in [-0.1, -0.05) is 79.0 Å². The van der Waals surface area contributed by atoms with Crippen molar-refractivity contribution in [3.05, 3.63) is 120 Å². The second-order valence-electron chi connectivity index (χ2n) is 8.90. The topological polar surface area (TPSA) is 38.0 Å². The molecule has 0 aliphatic heterocycles. The molecule has 0 spiro atoms. The van der Waals surface area contributed by atoms with Crippen LogP contribution in [0.5, 0.6) is 5.75 Å². The van der Waals surface area contributed by atoms with Gasteiger partial charge < -0.3 is 9.30 Å². The van der Waals surface area contributed by atoms with Crippen molar-refractivity contribution in [1.82, 2.24) is 4.57 Å². The van der Waals surface area contributed by atoms with Crippen LogP contribution in [0.2, 0.25) is 0 Å². The molecule has 0 saturated carbocycles. The lowest BCUT2D eigenvalue weighted by Gasteiger charge is -2.15. The summed E-state index contributed by atoms with van der Waals surface area (Å²) in [6.07, 6.45) is 3.89. The summed E-state index contributed by atoms with van der Waals surface area (Å²) in [5.74, 6) is 0.787. The molecule has 0 atom stereocenters. The largest absolute Gasteiger partial charge is 0.489 e. The number of benzene rings is 3. The van der Waals surface area contributed by atoms with Gasteiger partial charge in [0, 0.05) is 23.5 Å². The lowest BCUT2D eigenvalue weighted by molar-refractivity contribution is 0.306. The van der Waals surface area contributed by atoms with Crippen LogP contribution >= 0.6 is 12.2 Å². The lowest BCUT2D eigenvalue weighted by atomic mass is 9.94. The molecule has 3 aromatic carbocycles. The number of rotatable bonds is 8. The molecule has 0 radical (unpaired) electrons. The summed E-state index contributed by atoms with van der Waals surface area (Å²) >= 11 is 5.99. The number of hydrogen-bond donors (Lipinski definition) is 0. The molecule has 0 fully saturated rings. The van der Waals surface area contributed by atoms with E-state index in [-0.39, 0.29) is 6.54 Å². The summed E-state index contributed by atoms with van der Waals surface area (Å²) in [6, 6.07) is 26.5. The highest BCUT2D eigenvalue weighted by Gasteiger charge is 2.12. The minimum absolute atomic E-state index is 0.224. The molecule has 36 heavy (non-hydrogen) atoms. The van der Waals surface area contributed by atoms with Crippen LogP contribution in [0.4, 0.5) is 0 Å². The zero-order valence-corrected chi connectivity index (χ0v) is 21.4. The van der Waals surface area contributed by atoms with Crippen LogP contribution in [0.1, 0.15) is 30.5 Å². The van der Waals surface area contributed by atoms with Gasteiger partial charge in [0.2, 0.25) is 0 Å². The third kappa shape index (κ3) is 5.71. The van der Waals surface area contributed by atoms with Crippen molar-refractivity contribution in [2.75, 3.05) is 0 Å². The molecule has 0 aliphatic rings. The number of nitrogens with zero attached hydrogens (tertiary/aromatic N) is 2. The highest BCUT2D eigenvalue weighted by molar-refractivity contribution is 7.71. The highest BCUT2D eigenvalue weighted by atomic mass is 32.1. The number of hydrogen-bond acceptors (Lipinski definition) is 3. The number of allylic oxidation sites excluding steroid dienone is 2. The van der Waals surface area contributed by atoms with Gasteiger partial charge in [-0.2, -0.15) is 5.26 Å². The fourth-order valence-corrected chi connectivity index (χ4v) is 4.30. The molecule has 1 heterocycles. The molecule has 0 saturated heterocycles.